The molecule has 1 aromatic heterocycles. The summed E-state index contributed by atoms with van der Waals surface area (Å²) < 4.78 is 0. The van der Waals surface area contributed by atoms with Crippen molar-refractivity contribution in [2.75, 3.05) is 25.0 Å². The molecule has 2 unspecified atom stereocenters. The largest absolute Gasteiger partial charge is 0.309 e. The maximum atomic E-state index is 12.4. The molecule has 3 N–H and O–H groups in total. The van der Waals surface area contributed by atoms with Gasteiger partial charge >= 0.3 is 0 Å². The van der Waals surface area contributed by atoms with Gasteiger partial charge in [0.05, 0.1) is 11.1 Å². The molecule has 0 bridgehead atoms. The number of hydrogen-bond donors (Lipinski definition) is 3. The van der Waals surface area contributed by atoms with Crippen LogP contribution in [0.15, 0.2) is 18.3 Å². The predicted octanol–water partition coefficient (Wildman–Crippen LogP) is 1.64. The van der Waals surface area contributed by atoms with Crippen LogP contribution in [0, 0.1) is 5.92 Å². The molecule has 0 aromatic carbocycles. The number of halogens is 1. The Morgan fingerprint density at radius 1 is 1.39 bits per heavy atom. The fraction of sp³-hybridized carbons (Fsp3) is 0.625. The molecule has 3 heterocycles. The third kappa shape index (κ3) is 4.20. The van der Waals surface area contributed by atoms with E-state index in [1.54, 1.807) is 12.1 Å². The summed E-state index contributed by atoms with van der Waals surface area (Å²) in [4.78, 5) is 18.8. The van der Waals surface area contributed by atoms with Crippen molar-refractivity contribution in [1.82, 2.24) is 20.7 Å². The smallest absolute Gasteiger partial charge is 0.242 e. The van der Waals surface area contributed by atoms with E-state index in [0.29, 0.717) is 22.8 Å². The predicted molar refractivity (Wildman–Crippen MR) is 91.2 cm³/mol. The first kappa shape index (κ1) is 16.6. The average Bonchev–Trinajstić information content (AvgIpc) is 3.11. The molecule has 2 atom stereocenters. The SMILES string of the molecule is CC(C(=O)Nc1ccc(Cl)cn1)N1CCC(C2CCNN2)CC1. The van der Waals surface area contributed by atoms with Crippen molar-refractivity contribution in [3.05, 3.63) is 23.4 Å². The van der Waals surface area contributed by atoms with Crippen LogP contribution in [-0.2, 0) is 4.79 Å². The highest BCUT2D eigenvalue weighted by molar-refractivity contribution is 6.30. The second-order valence-electron chi connectivity index (χ2n) is 6.37. The highest BCUT2D eigenvalue weighted by Crippen LogP contribution is 2.24. The minimum Gasteiger partial charge on any atom is -0.309 e. The second-order valence-corrected chi connectivity index (χ2v) is 6.80. The van der Waals surface area contributed by atoms with Crippen LogP contribution >= 0.6 is 11.6 Å². The van der Waals surface area contributed by atoms with Gasteiger partial charge in [-0.15, -0.1) is 0 Å². The molecule has 0 saturated carbocycles. The Morgan fingerprint density at radius 3 is 2.78 bits per heavy atom. The number of carbonyl (C=O) groups excluding carboxylic acids is 1. The van der Waals surface area contributed by atoms with Gasteiger partial charge in [0.25, 0.3) is 0 Å². The van der Waals surface area contributed by atoms with Gasteiger partial charge < -0.3 is 5.32 Å². The van der Waals surface area contributed by atoms with E-state index in [0.717, 1.165) is 32.5 Å². The molecule has 23 heavy (non-hydrogen) atoms. The maximum Gasteiger partial charge on any atom is 0.242 e. The van der Waals surface area contributed by atoms with E-state index in [9.17, 15) is 4.79 Å². The van der Waals surface area contributed by atoms with E-state index in [1.807, 2.05) is 6.92 Å². The number of nitrogens with zero attached hydrogens (tertiary/aromatic N) is 2. The Morgan fingerprint density at radius 2 is 2.17 bits per heavy atom. The van der Waals surface area contributed by atoms with Crippen LogP contribution in [0.25, 0.3) is 0 Å². The van der Waals surface area contributed by atoms with E-state index >= 15 is 0 Å². The third-order valence-electron chi connectivity index (χ3n) is 4.92. The zero-order chi connectivity index (χ0) is 16.2. The van der Waals surface area contributed by atoms with E-state index in [4.69, 9.17) is 11.6 Å². The van der Waals surface area contributed by atoms with Crippen molar-refractivity contribution in [2.45, 2.75) is 38.3 Å². The van der Waals surface area contributed by atoms with Gasteiger partial charge in [0.15, 0.2) is 0 Å². The fourth-order valence-corrected chi connectivity index (χ4v) is 3.52. The summed E-state index contributed by atoms with van der Waals surface area (Å²) in [6.45, 7) is 4.94. The molecule has 2 aliphatic rings. The number of amides is 1. The van der Waals surface area contributed by atoms with Crippen LogP contribution in [-0.4, -0.2) is 47.5 Å². The summed E-state index contributed by atoms with van der Waals surface area (Å²) in [6, 6.07) is 3.88. The number of aromatic nitrogens is 1. The monoisotopic (exact) mass is 337 g/mol. The van der Waals surface area contributed by atoms with Gasteiger partial charge in [-0.25, -0.2) is 4.98 Å². The van der Waals surface area contributed by atoms with Crippen LogP contribution in [0.4, 0.5) is 5.82 Å². The van der Waals surface area contributed by atoms with Crippen molar-refractivity contribution < 1.29 is 4.79 Å². The van der Waals surface area contributed by atoms with Gasteiger partial charge in [0.2, 0.25) is 5.91 Å². The van der Waals surface area contributed by atoms with Crippen LogP contribution in [0.3, 0.4) is 0 Å². The quantitative estimate of drug-likeness (QED) is 0.779. The molecule has 0 spiro atoms. The highest BCUT2D eigenvalue weighted by atomic mass is 35.5. The molecule has 0 radical (unpaired) electrons. The average molecular weight is 338 g/mol. The Kier molecular flexibility index (Phi) is 5.48. The second kappa shape index (κ2) is 7.57. The number of rotatable bonds is 4. The molecule has 126 valence electrons. The summed E-state index contributed by atoms with van der Waals surface area (Å²) in [6.07, 6.45) is 5.01. The first-order chi connectivity index (χ1) is 11.1. The van der Waals surface area contributed by atoms with Crippen molar-refractivity contribution in [1.29, 1.82) is 0 Å². The maximum absolute atomic E-state index is 12.4. The molecule has 2 aliphatic heterocycles. The standard InChI is InChI=1S/C16H24ClN5O/c1-11(16(23)20-15-3-2-13(17)10-18-15)22-8-5-12(6-9-22)14-4-7-19-21-14/h2-3,10-12,14,19,21H,4-9H2,1H3,(H,18,20,23). The summed E-state index contributed by atoms with van der Waals surface area (Å²) in [7, 11) is 0. The van der Waals surface area contributed by atoms with Crippen LogP contribution < -0.4 is 16.2 Å². The van der Waals surface area contributed by atoms with E-state index in [2.05, 4.69) is 26.1 Å². The fourth-order valence-electron chi connectivity index (χ4n) is 3.41. The number of pyridine rings is 1. The molecule has 3 rings (SSSR count). The Labute approximate surface area is 141 Å². The van der Waals surface area contributed by atoms with Crippen molar-refractivity contribution in [2.24, 2.45) is 5.92 Å². The topological polar surface area (TPSA) is 69.3 Å². The highest BCUT2D eigenvalue weighted by Gasteiger charge is 2.31. The number of hydrogen-bond acceptors (Lipinski definition) is 5. The molecule has 6 nitrogen and oxygen atoms in total. The number of likely N-dealkylation sites (tertiary alicyclic amines) is 1. The number of hydrazine groups is 1. The van der Waals surface area contributed by atoms with Crippen LogP contribution in [0.1, 0.15) is 26.2 Å². The molecular formula is C16H24ClN5O. The lowest BCUT2D eigenvalue weighted by molar-refractivity contribution is -0.121. The third-order valence-corrected chi connectivity index (χ3v) is 5.14. The summed E-state index contributed by atoms with van der Waals surface area (Å²) in [5.74, 6) is 1.23. The van der Waals surface area contributed by atoms with Crippen LogP contribution in [0.2, 0.25) is 5.02 Å². The minimum absolute atomic E-state index is 0.0149. The molecule has 0 aliphatic carbocycles. The van der Waals surface area contributed by atoms with E-state index in [-0.39, 0.29) is 11.9 Å². The lowest BCUT2D eigenvalue weighted by Crippen LogP contribution is -2.48. The molecular weight excluding hydrogens is 314 g/mol. The molecule has 2 saturated heterocycles. The van der Waals surface area contributed by atoms with Crippen LogP contribution in [0.5, 0.6) is 0 Å². The molecule has 1 amide bonds. The zero-order valence-electron chi connectivity index (χ0n) is 13.4. The molecule has 2 fully saturated rings. The van der Waals surface area contributed by atoms with E-state index < -0.39 is 0 Å². The number of nitrogens with one attached hydrogen (secondary N) is 3. The summed E-state index contributed by atoms with van der Waals surface area (Å²) in [5, 5.41) is 3.42. The number of anilines is 1. The Hall–Kier alpha value is -1.21. The lowest BCUT2D eigenvalue weighted by atomic mass is 9.88. The van der Waals surface area contributed by atoms with Gasteiger partial charge in [-0.3, -0.25) is 20.5 Å². The Bertz CT molecular complexity index is 524. The summed E-state index contributed by atoms with van der Waals surface area (Å²) in [5.41, 5.74) is 6.57. The summed E-state index contributed by atoms with van der Waals surface area (Å²) >= 11 is 5.81. The van der Waals surface area contributed by atoms with Crippen molar-refractivity contribution >= 4 is 23.3 Å². The molecule has 7 heteroatoms. The number of carbonyl (C=O) groups is 1. The number of piperidine rings is 1. The van der Waals surface area contributed by atoms with Crippen molar-refractivity contribution in [3.63, 3.8) is 0 Å². The van der Waals surface area contributed by atoms with Gasteiger partial charge in [-0.05, 0) is 57.3 Å². The first-order valence-electron chi connectivity index (χ1n) is 8.28. The first-order valence-corrected chi connectivity index (χ1v) is 8.66. The molecule has 1 aromatic rings. The zero-order valence-corrected chi connectivity index (χ0v) is 14.1. The van der Waals surface area contributed by atoms with Gasteiger partial charge in [0.1, 0.15) is 5.82 Å². The normalized spacial score (nSPS) is 24.5. The minimum atomic E-state index is -0.150. The lowest BCUT2D eigenvalue weighted by Gasteiger charge is -2.37. The van der Waals surface area contributed by atoms with Gasteiger partial charge in [-0.2, -0.15) is 0 Å². The van der Waals surface area contributed by atoms with Crippen molar-refractivity contribution in [3.8, 4) is 0 Å². The van der Waals surface area contributed by atoms with Gasteiger partial charge in [-0.1, -0.05) is 11.6 Å². The Balaban J connectivity index is 1.49. The van der Waals surface area contributed by atoms with Gasteiger partial charge in [0, 0.05) is 18.8 Å². The van der Waals surface area contributed by atoms with E-state index in [1.165, 1.54) is 12.6 Å².